The van der Waals surface area contributed by atoms with Gasteiger partial charge in [-0.15, -0.1) is 0 Å². The molecule has 0 unspecified atom stereocenters. The maximum atomic E-state index is 13.4. The Morgan fingerprint density at radius 3 is 2.41 bits per heavy atom. The predicted octanol–water partition coefficient (Wildman–Crippen LogP) is 3.69. The number of anilines is 1. The zero-order chi connectivity index (χ0) is 20.1. The van der Waals surface area contributed by atoms with E-state index in [0.29, 0.717) is 24.3 Å². The highest BCUT2D eigenvalue weighted by Gasteiger charge is 2.47. The van der Waals surface area contributed by atoms with Crippen LogP contribution in [0.3, 0.4) is 0 Å². The van der Waals surface area contributed by atoms with Crippen LogP contribution in [0.1, 0.15) is 43.7 Å². The average Bonchev–Trinajstić information content (AvgIpc) is 3.22. The van der Waals surface area contributed by atoms with Gasteiger partial charge in [-0.2, -0.15) is 0 Å². The van der Waals surface area contributed by atoms with Gasteiger partial charge < -0.3 is 9.30 Å². The smallest absolute Gasteiger partial charge is 0.355 e. The Kier molecular flexibility index (Phi) is 3.87. The van der Waals surface area contributed by atoms with Crippen LogP contribution in [0.2, 0.25) is 0 Å². The van der Waals surface area contributed by atoms with Crippen molar-refractivity contribution in [2.45, 2.75) is 19.9 Å². The number of nitrogens with zero attached hydrogens (tertiary/aromatic N) is 2. The number of benzene rings is 2. The van der Waals surface area contributed by atoms with Crippen molar-refractivity contribution in [1.29, 1.82) is 0 Å². The third-order valence-electron chi connectivity index (χ3n) is 5.46. The molecule has 3 heterocycles. The number of amides is 2. The molecule has 0 atom stereocenters. The molecule has 2 aliphatic heterocycles. The number of carbonyl (C=O) groups is 3. The zero-order valence-corrected chi connectivity index (χ0v) is 15.8. The third kappa shape index (κ3) is 2.38. The highest BCUT2D eigenvalue weighted by Crippen LogP contribution is 2.42. The quantitative estimate of drug-likeness (QED) is 0.509. The number of aromatic nitrogens is 1. The van der Waals surface area contributed by atoms with Crippen molar-refractivity contribution in [3.63, 3.8) is 0 Å². The molecule has 2 aliphatic rings. The van der Waals surface area contributed by atoms with Gasteiger partial charge in [0.05, 0.1) is 29.1 Å². The number of aryl methyl sites for hydroxylation is 1. The molecule has 0 radical (unpaired) electrons. The fourth-order valence-corrected chi connectivity index (χ4v) is 4.28. The first-order valence-electron chi connectivity index (χ1n) is 9.59. The predicted molar refractivity (Wildman–Crippen MR) is 107 cm³/mol. The number of hydrogen-bond donors (Lipinski definition) is 0. The first-order valence-corrected chi connectivity index (χ1v) is 9.59. The van der Waals surface area contributed by atoms with Gasteiger partial charge >= 0.3 is 5.97 Å². The van der Waals surface area contributed by atoms with E-state index in [4.69, 9.17) is 4.74 Å². The van der Waals surface area contributed by atoms with Gasteiger partial charge in [0.15, 0.2) is 0 Å². The lowest BCUT2D eigenvalue weighted by molar-refractivity contribution is 0.0510. The molecule has 0 bridgehead atoms. The van der Waals surface area contributed by atoms with Crippen LogP contribution >= 0.6 is 0 Å². The van der Waals surface area contributed by atoms with Gasteiger partial charge in [-0.1, -0.05) is 42.5 Å². The number of fused-ring (bicyclic) bond motifs is 5. The molecular weight excluding hydrogens is 368 g/mol. The van der Waals surface area contributed by atoms with Gasteiger partial charge in [-0.05, 0) is 31.0 Å². The van der Waals surface area contributed by atoms with E-state index in [-0.39, 0.29) is 23.4 Å². The molecule has 29 heavy (non-hydrogen) atoms. The number of para-hydroxylation sites is 1. The van der Waals surface area contributed by atoms with Crippen molar-refractivity contribution in [2.75, 3.05) is 11.5 Å². The van der Waals surface area contributed by atoms with E-state index in [1.54, 1.807) is 35.8 Å². The Labute approximate surface area is 167 Å². The molecule has 2 amide bonds. The van der Waals surface area contributed by atoms with Crippen molar-refractivity contribution in [1.82, 2.24) is 4.57 Å². The van der Waals surface area contributed by atoms with E-state index in [1.807, 2.05) is 30.3 Å². The largest absolute Gasteiger partial charge is 0.461 e. The molecule has 0 saturated carbocycles. The summed E-state index contributed by atoms with van der Waals surface area (Å²) in [6.07, 6.45) is 0.716. The second kappa shape index (κ2) is 6.44. The molecule has 2 aromatic carbocycles. The van der Waals surface area contributed by atoms with E-state index in [2.05, 4.69) is 0 Å². The van der Waals surface area contributed by atoms with E-state index < -0.39 is 17.8 Å². The Morgan fingerprint density at radius 2 is 1.66 bits per heavy atom. The van der Waals surface area contributed by atoms with E-state index in [1.165, 1.54) is 0 Å². The maximum absolute atomic E-state index is 13.4. The topological polar surface area (TPSA) is 68.6 Å². The van der Waals surface area contributed by atoms with Gasteiger partial charge in [0.2, 0.25) is 0 Å². The minimum absolute atomic E-state index is 0.143. The third-order valence-corrected chi connectivity index (χ3v) is 5.46. The lowest BCUT2D eigenvalue weighted by atomic mass is 9.96. The highest BCUT2D eigenvalue weighted by molar-refractivity contribution is 6.38. The number of esters is 1. The first kappa shape index (κ1) is 17.4. The summed E-state index contributed by atoms with van der Waals surface area (Å²) in [6, 6.07) is 16.6. The van der Waals surface area contributed by atoms with Crippen LogP contribution in [-0.4, -0.2) is 29.0 Å². The standard InChI is InChI=1S/C23H18N2O4/c1-2-29-23(28)20-18-17(19-16-11-7-6-8-14(16)12-13-24(19)20)21(26)25(22(18)27)15-9-4-3-5-10-15/h3-11H,2,12-13H2,1H3. The molecule has 6 nitrogen and oxygen atoms in total. The molecule has 6 heteroatoms. The summed E-state index contributed by atoms with van der Waals surface area (Å²) in [7, 11) is 0. The van der Waals surface area contributed by atoms with Crippen LogP contribution < -0.4 is 4.90 Å². The average molecular weight is 386 g/mol. The van der Waals surface area contributed by atoms with Crippen LogP contribution in [0.15, 0.2) is 54.6 Å². The SMILES string of the molecule is CCOC(=O)c1c2c(c3n1CCc1ccccc1-3)C(=O)N(c1ccccc1)C2=O. The molecule has 5 rings (SSSR count). The Bertz CT molecular complexity index is 1180. The molecule has 1 aromatic heterocycles. The summed E-state index contributed by atoms with van der Waals surface area (Å²) < 4.78 is 7.03. The van der Waals surface area contributed by atoms with Crippen LogP contribution in [0.25, 0.3) is 11.3 Å². The molecule has 0 spiro atoms. The zero-order valence-electron chi connectivity index (χ0n) is 15.8. The highest BCUT2D eigenvalue weighted by atomic mass is 16.5. The Hall–Kier alpha value is -3.67. The number of imide groups is 1. The normalized spacial score (nSPS) is 14.4. The van der Waals surface area contributed by atoms with Gasteiger partial charge in [-0.3, -0.25) is 9.59 Å². The molecule has 3 aromatic rings. The van der Waals surface area contributed by atoms with Crippen LogP contribution in [0.4, 0.5) is 5.69 Å². The van der Waals surface area contributed by atoms with E-state index in [9.17, 15) is 14.4 Å². The van der Waals surface area contributed by atoms with Crippen LogP contribution in [0, 0.1) is 0 Å². The van der Waals surface area contributed by atoms with Gasteiger partial charge in [0.1, 0.15) is 5.69 Å². The van der Waals surface area contributed by atoms with Gasteiger partial charge in [-0.25, -0.2) is 9.69 Å². The van der Waals surface area contributed by atoms with Crippen molar-refractivity contribution in [3.8, 4) is 11.3 Å². The lowest BCUT2D eigenvalue weighted by Crippen LogP contribution is -2.32. The molecule has 144 valence electrons. The Morgan fingerprint density at radius 1 is 0.966 bits per heavy atom. The van der Waals surface area contributed by atoms with E-state index in [0.717, 1.165) is 16.0 Å². The summed E-state index contributed by atoms with van der Waals surface area (Å²) in [5, 5.41) is 0. The summed E-state index contributed by atoms with van der Waals surface area (Å²) in [5.41, 5.74) is 3.68. The maximum Gasteiger partial charge on any atom is 0.355 e. The summed E-state index contributed by atoms with van der Waals surface area (Å²) in [6.45, 7) is 2.42. The number of carbonyl (C=O) groups excluding carboxylic acids is 3. The second-order valence-electron chi connectivity index (χ2n) is 7.01. The molecule has 0 saturated heterocycles. The number of hydrogen-bond acceptors (Lipinski definition) is 4. The van der Waals surface area contributed by atoms with Crippen molar-refractivity contribution >= 4 is 23.5 Å². The van der Waals surface area contributed by atoms with Gasteiger partial charge in [0, 0.05) is 12.1 Å². The second-order valence-corrected chi connectivity index (χ2v) is 7.01. The fourth-order valence-electron chi connectivity index (χ4n) is 4.28. The molecular formula is C23H18N2O4. The first-order chi connectivity index (χ1) is 14.1. The summed E-state index contributed by atoms with van der Waals surface area (Å²) in [5.74, 6) is -1.48. The van der Waals surface area contributed by atoms with Crippen molar-refractivity contribution < 1.29 is 19.1 Å². The summed E-state index contributed by atoms with van der Waals surface area (Å²) >= 11 is 0. The lowest BCUT2D eigenvalue weighted by Gasteiger charge is -2.23. The van der Waals surface area contributed by atoms with Crippen molar-refractivity contribution in [2.24, 2.45) is 0 Å². The minimum atomic E-state index is -0.578. The van der Waals surface area contributed by atoms with Gasteiger partial charge in [0.25, 0.3) is 11.8 Å². The number of ether oxygens (including phenoxy) is 1. The monoisotopic (exact) mass is 386 g/mol. The number of rotatable bonds is 3. The van der Waals surface area contributed by atoms with E-state index >= 15 is 0 Å². The molecule has 0 fully saturated rings. The van der Waals surface area contributed by atoms with Crippen molar-refractivity contribution in [3.05, 3.63) is 77.0 Å². The molecule has 0 N–H and O–H groups in total. The fraction of sp³-hybridized carbons (Fsp3) is 0.174. The minimum Gasteiger partial charge on any atom is -0.461 e. The van der Waals surface area contributed by atoms with Crippen LogP contribution in [0.5, 0.6) is 0 Å². The van der Waals surface area contributed by atoms with Crippen LogP contribution in [-0.2, 0) is 17.7 Å². The Balaban J connectivity index is 1.79. The summed E-state index contributed by atoms with van der Waals surface area (Å²) in [4.78, 5) is 40.7. The molecule has 0 aliphatic carbocycles.